The number of halogens is 1. The molecule has 0 unspecified atom stereocenters. The van der Waals surface area contributed by atoms with Gasteiger partial charge in [0.05, 0.1) is 12.9 Å². The van der Waals surface area contributed by atoms with Gasteiger partial charge in [-0.15, -0.1) is 34.4 Å². The second kappa shape index (κ2) is 8.73. The Kier molecular flexibility index (Phi) is 6.37. The van der Waals surface area contributed by atoms with E-state index in [9.17, 15) is 9.59 Å². The summed E-state index contributed by atoms with van der Waals surface area (Å²) < 4.78 is 4.90. The highest BCUT2D eigenvalue weighted by atomic mass is 35.5. The molecular formula is C18H14ClNO3S3. The summed E-state index contributed by atoms with van der Waals surface area (Å²) >= 11 is 10.1. The summed E-state index contributed by atoms with van der Waals surface area (Å²) in [6.07, 6.45) is 0. The fourth-order valence-corrected chi connectivity index (χ4v) is 4.82. The van der Waals surface area contributed by atoms with E-state index in [1.165, 1.54) is 41.5 Å². The van der Waals surface area contributed by atoms with Crippen molar-refractivity contribution in [2.75, 3.05) is 18.2 Å². The van der Waals surface area contributed by atoms with Gasteiger partial charge < -0.3 is 10.1 Å². The van der Waals surface area contributed by atoms with Gasteiger partial charge in [-0.25, -0.2) is 4.79 Å². The van der Waals surface area contributed by atoms with Gasteiger partial charge in [0.25, 0.3) is 0 Å². The molecule has 3 aromatic rings. The topological polar surface area (TPSA) is 55.4 Å². The van der Waals surface area contributed by atoms with Crippen molar-refractivity contribution in [3.05, 3.63) is 57.7 Å². The van der Waals surface area contributed by atoms with Crippen LogP contribution in [0.25, 0.3) is 10.4 Å². The molecule has 0 aliphatic rings. The van der Waals surface area contributed by atoms with Gasteiger partial charge in [-0.05, 0) is 35.7 Å². The van der Waals surface area contributed by atoms with Crippen LogP contribution in [0, 0.1) is 0 Å². The van der Waals surface area contributed by atoms with Crippen LogP contribution in [0.2, 0.25) is 5.02 Å². The molecule has 1 aromatic carbocycles. The third-order valence-corrected chi connectivity index (χ3v) is 6.47. The number of carbonyl (C=O) groups excluding carboxylic acids is 2. The second-order valence-electron chi connectivity index (χ2n) is 5.11. The minimum atomic E-state index is -0.463. The summed E-state index contributed by atoms with van der Waals surface area (Å²) in [5.41, 5.74) is 1.17. The standard InChI is InChI=1S/C18H14ClNO3S3/c1-23-18(22)16-13(14-3-2-8-24-14)9-26-17(16)20-15(21)10-25-12-6-4-11(19)5-7-12/h2-9H,10H2,1H3,(H,20,21). The zero-order valence-corrected chi connectivity index (χ0v) is 16.9. The Morgan fingerprint density at radius 3 is 2.62 bits per heavy atom. The predicted molar refractivity (Wildman–Crippen MR) is 110 cm³/mol. The normalized spacial score (nSPS) is 10.5. The van der Waals surface area contributed by atoms with Gasteiger partial charge in [-0.1, -0.05) is 17.7 Å². The van der Waals surface area contributed by atoms with E-state index >= 15 is 0 Å². The third-order valence-electron chi connectivity index (χ3n) is 3.40. The first-order valence-electron chi connectivity index (χ1n) is 7.50. The maximum atomic E-state index is 12.3. The Labute approximate surface area is 168 Å². The number of methoxy groups -OCH3 is 1. The van der Waals surface area contributed by atoms with Crippen molar-refractivity contribution >= 4 is 62.9 Å². The van der Waals surface area contributed by atoms with E-state index in [0.717, 1.165) is 15.3 Å². The molecule has 3 rings (SSSR count). The van der Waals surface area contributed by atoms with Gasteiger partial charge in [0.2, 0.25) is 5.91 Å². The maximum absolute atomic E-state index is 12.3. The van der Waals surface area contributed by atoms with Crippen LogP contribution in [0.3, 0.4) is 0 Å². The molecule has 0 aliphatic carbocycles. The summed E-state index contributed by atoms with van der Waals surface area (Å²) in [5, 5.41) is 7.78. The van der Waals surface area contributed by atoms with E-state index in [-0.39, 0.29) is 11.7 Å². The summed E-state index contributed by atoms with van der Waals surface area (Å²) in [6, 6.07) is 11.1. The van der Waals surface area contributed by atoms with Crippen LogP contribution in [0.15, 0.2) is 52.1 Å². The maximum Gasteiger partial charge on any atom is 0.341 e. The van der Waals surface area contributed by atoms with E-state index in [1.54, 1.807) is 12.1 Å². The number of amides is 1. The molecule has 8 heteroatoms. The lowest BCUT2D eigenvalue weighted by molar-refractivity contribution is -0.113. The van der Waals surface area contributed by atoms with Crippen LogP contribution >= 0.6 is 46.0 Å². The number of esters is 1. The van der Waals surface area contributed by atoms with Crippen LogP contribution < -0.4 is 5.32 Å². The van der Waals surface area contributed by atoms with Crippen LogP contribution in [0.4, 0.5) is 5.00 Å². The zero-order chi connectivity index (χ0) is 18.5. The SMILES string of the molecule is COC(=O)c1c(-c2cccs2)csc1NC(=O)CSc1ccc(Cl)cc1. The Bertz CT molecular complexity index is 904. The number of benzene rings is 1. The van der Waals surface area contributed by atoms with Crippen molar-refractivity contribution in [1.82, 2.24) is 0 Å². The van der Waals surface area contributed by atoms with Crippen molar-refractivity contribution < 1.29 is 14.3 Å². The average molecular weight is 424 g/mol. The number of nitrogens with one attached hydrogen (secondary N) is 1. The Hall–Kier alpha value is -1.80. The van der Waals surface area contributed by atoms with E-state index in [4.69, 9.17) is 16.3 Å². The molecule has 1 amide bonds. The summed E-state index contributed by atoms with van der Waals surface area (Å²) in [5.74, 6) is -0.418. The van der Waals surface area contributed by atoms with Crippen molar-refractivity contribution in [3.8, 4) is 10.4 Å². The fraction of sp³-hybridized carbons (Fsp3) is 0.111. The predicted octanol–water partition coefficient (Wildman–Crippen LogP) is 5.65. The first-order valence-corrected chi connectivity index (χ1v) is 10.6. The van der Waals surface area contributed by atoms with Crippen molar-refractivity contribution in [1.29, 1.82) is 0 Å². The molecule has 0 aliphatic heterocycles. The molecule has 26 heavy (non-hydrogen) atoms. The highest BCUT2D eigenvalue weighted by Crippen LogP contribution is 2.38. The van der Waals surface area contributed by atoms with Crippen LogP contribution in [-0.2, 0) is 9.53 Å². The minimum Gasteiger partial charge on any atom is -0.465 e. The number of anilines is 1. The Balaban J connectivity index is 1.73. The zero-order valence-electron chi connectivity index (χ0n) is 13.7. The molecule has 0 atom stereocenters. The van der Waals surface area contributed by atoms with Gasteiger partial charge in [0.1, 0.15) is 10.6 Å². The second-order valence-corrected chi connectivity index (χ2v) is 8.43. The molecule has 0 bridgehead atoms. The Morgan fingerprint density at radius 2 is 1.96 bits per heavy atom. The largest absolute Gasteiger partial charge is 0.465 e. The van der Waals surface area contributed by atoms with E-state index < -0.39 is 5.97 Å². The molecule has 0 fully saturated rings. The van der Waals surface area contributed by atoms with Gasteiger partial charge in [-0.2, -0.15) is 0 Å². The first-order chi connectivity index (χ1) is 12.6. The smallest absolute Gasteiger partial charge is 0.341 e. The number of thioether (sulfide) groups is 1. The molecule has 1 N–H and O–H groups in total. The van der Waals surface area contributed by atoms with E-state index in [0.29, 0.717) is 15.6 Å². The van der Waals surface area contributed by atoms with Gasteiger partial charge in [0.15, 0.2) is 0 Å². The fourth-order valence-electron chi connectivity index (χ4n) is 2.21. The average Bonchev–Trinajstić information content (AvgIpc) is 3.30. The molecule has 4 nitrogen and oxygen atoms in total. The lowest BCUT2D eigenvalue weighted by Crippen LogP contribution is -2.15. The summed E-state index contributed by atoms with van der Waals surface area (Å²) in [6.45, 7) is 0. The molecule has 0 spiro atoms. The molecule has 134 valence electrons. The number of hydrogen-bond acceptors (Lipinski definition) is 6. The highest BCUT2D eigenvalue weighted by molar-refractivity contribution is 8.00. The van der Waals surface area contributed by atoms with E-state index in [1.807, 2.05) is 35.0 Å². The Morgan fingerprint density at radius 1 is 1.19 bits per heavy atom. The first kappa shape index (κ1) is 19.0. The van der Waals surface area contributed by atoms with Gasteiger partial charge >= 0.3 is 5.97 Å². The number of ether oxygens (including phenoxy) is 1. The number of carbonyl (C=O) groups is 2. The summed E-state index contributed by atoms with van der Waals surface area (Å²) in [4.78, 5) is 26.4. The summed E-state index contributed by atoms with van der Waals surface area (Å²) in [7, 11) is 1.33. The van der Waals surface area contributed by atoms with Crippen LogP contribution in [-0.4, -0.2) is 24.7 Å². The molecule has 0 saturated carbocycles. The van der Waals surface area contributed by atoms with Crippen molar-refractivity contribution in [3.63, 3.8) is 0 Å². The van der Waals surface area contributed by atoms with Gasteiger partial charge in [-0.3, -0.25) is 4.79 Å². The molecular weight excluding hydrogens is 410 g/mol. The lowest BCUT2D eigenvalue weighted by Gasteiger charge is -2.07. The molecule has 2 heterocycles. The monoisotopic (exact) mass is 423 g/mol. The minimum absolute atomic E-state index is 0.185. The van der Waals surface area contributed by atoms with Gasteiger partial charge in [0, 0.05) is 25.7 Å². The third kappa shape index (κ3) is 4.48. The van der Waals surface area contributed by atoms with Crippen molar-refractivity contribution in [2.45, 2.75) is 4.90 Å². The van der Waals surface area contributed by atoms with Crippen LogP contribution in [0.5, 0.6) is 0 Å². The molecule has 0 radical (unpaired) electrons. The molecule has 2 aromatic heterocycles. The van der Waals surface area contributed by atoms with E-state index in [2.05, 4.69) is 5.32 Å². The lowest BCUT2D eigenvalue weighted by atomic mass is 10.1. The molecule has 0 saturated heterocycles. The number of rotatable bonds is 6. The number of hydrogen-bond donors (Lipinski definition) is 1. The quantitative estimate of drug-likeness (QED) is 0.411. The van der Waals surface area contributed by atoms with Crippen LogP contribution in [0.1, 0.15) is 10.4 Å². The number of thiophene rings is 2. The highest BCUT2D eigenvalue weighted by Gasteiger charge is 2.22. The van der Waals surface area contributed by atoms with Crippen molar-refractivity contribution in [2.24, 2.45) is 0 Å².